The highest BCUT2D eigenvalue weighted by Gasteiger charge is 2.18. The molecule has 0 saturated carbocycles. The third-order valence-corrected chi connectivity index (χ3v) is 3.41. The maximum atomic E-state index is 6.19. The molecule has 0 fully saturated rings. The van der Waals surface area contributed by atoms with Gasteiger partial charge in [0.15, 0.2) is 0 Å². The first-order valence-electron chi connectivity index (χ1n) is 7.03. The van der Waals surface area contributed by atoms with E-state index in [0.717, 1.165) is 25.0 Å². The van der Waals surface area contributed by atoms with Crippen LogP contribution in [0.2, 0.25) is 0 Å². The van der Waals surface area contributed by atoms with Gasteiger partial charge in [0.1, 0.15) is 0 Å². The Kier molecular flexibility index (Phi) is 6.36. The number of ether oxygens (including phenoxy) is 1. The van der Waals surface area contributed by atoms with Gasteiger partial charge in [-0.3, -0.25) is 4.68 Å². The second-order valence-corrected chi connectivity index (χ2v) is 4.81. The molecule has 104 valence electrons. The fourth-order valence-electron chi connectivity index (χ4n) is 2.05. The molecule has 0 aliphatic heterocycles. The number of nitrogens with zero attached hydrogens (tertiary/aromatic N) is 2. The minimum absolute atomic E-state index is 0.0234. The fraction of sp³-hybridized carbons (Fsp3) is 0.786. The Hall–Kier alpha value is -0.870. The zero-order valence-electron chi connectivity index (χ0n) is 12.1. The lowest BCUT2D eigenvalue weighted by atomic mass is 10.0. The van der Waals surface area contributed by atoms with Gasteiger partial charge in [-0.1, -0.05) is 13.8 Å². The normalized spacial score (nSPS) is 16.5. The Morgan fingerprint density at radius 3 is 2.61 bits per heavy atom. The summed E-state index contributed by atoms with van der Waals surface area (Å²) in [5, 5.41) is 4.58. The standard InChI is InChI=1S/C14H27N3O/c1-5-11(4)17-9-8-12(16-17)10-13(15)14(6-2)18-7-3/h8-9,11,13-14H,5-7,10,15H2,1-4H3. The summed E-state index contributed by atoms with van der Waals surface area (Å²) in [6.07, 6.45) is 4.98. The molecular weight excluding hydrogens is 226 g/mol. The van der Waals surface area contributed by atoms with Gasteiger partial charge in [0, 0.05) is 31.3 Å². The van der Waals surface area contributed by atoms with Crippen molar-refractivity contribution in [2.75, 3.05) is 6.61 Å². The van der Waals surface area contributed by atoms with Crippen LogP contribution >= 0.6 is 0 Å². The summed E-state index contributed by atoms with van der Waals surface area (Å²) in [5.41, 5.74) is 7.25. The van der Waals surface area contributed by atoms with Crippen LogP contribution in [0.5, 0.6) is 0 Å². The molecule has 18 heavy (non-hydrogen) atoms. The molecule has 0 spiro atoms. The lowest BCUT2D eigenvalue weighted by molar-refractivity contribution is 0.0415. The van der Waals surface area contributed by atoms with Gasteiger partial charge in [0.25, 0.3) is 0 Å². The van der Waals surface area contributed by atoms with Gasteiger partial charge in [0.05, 0.1) is 11.8 Å². The van der Waals surface area contributed by atoms with E-state index in [1.165, 1.54) is 0 Å². The highest BCUT2D eigenvalue weighted by molar-refractivity contribution is 5.02. The smallest absolute Gasteiger partial charge is 0.0727 e. The van der Waals surface area contributed by atoms with E-state index in [-0.39, 0.29) is 12.1 Å². The molecule has 4 nitrogen and oxygen atoms in total. The van der Waals surface area contributed by atoms with Gasteiger partial charge in [-0.2, -0.15) is 5.10 Å². The zero-order chi connectivity index (χ0) is 13.5. The van der Waals surface area contributed by atoms with Crippen molar-refractivity contribution in [3.63, 3.8) is 0 Å². The third kappa shape index (κ3) is 4.10. The van der Waals surface area contributed by atoms with Gasteiger partial charge in [0.2, 0.25) is 0 Å². The van der Waals surface area contributed by atoms with Crippen LogP contribution in [0.15, 0.2) is 12.3 Å². The van der Waals surface area contributed by atoms with Crippen LogP contribution in [0, 0.1) is 0 Å². The van der Waals surface area contributed by atoms with Crippen LogP contribution < -0.4 is 5.73 Å². The van der Waals surface area contributed by atoms with Crippen LogP contribution in [-0.2, 0) is 11.2 Å². The van der Waals surface area contributed by atoms with Gasteiger partial charge in [-0.05, 0) is 32.8 Å². The summed E-state index contributed by atoms with van der Waals surface area (Å²) in [4.78, 5) is 0. The Balaban J connectivity index is 2.58. The molecule has 4 heteroatoms. The van der Waals surface area contributed by atoms with Crippen LogP contribution in [0.4, 0.5) is 0 Å². The number of hydrogen-bond donors (Lipinski definition) is 1. The average molecular weight is 253 g/mol. The van der Waals surface area contributed by atoms with Crippen molar-refractivity contribution in [2.24, 2.45) is 5.73 Å². The molecule has 1 aromatic rings. The molecule has 0 radical (unpaired) electrons. The van der Waals surface area contributed by atoms with Crippen molar-refractivity contribution >= 4 is 0 Å². The molecule has 2 N–H and O–H groups in total. The summed E-state index contributed by atoms with van der Waals surface area (Å²) in [7, 11) is 0. The van der Waals surface area contributed by atoms with Crippen LogP contribution in [0.1, 0.15) is 52.3 Å². The van der Waals surface area contributed by atoms with Crippen molar-refractivity contribution in [2.45, 2.75) is 65.1 Å². The van der Waals surface area contributed by atoms with Crippen molar-refractivity contribution < 1.29 is 4.74 Å². The summed E-state index contributed by atoms with van der Waals surface area (Å²) in [6, 6.07) is 2.53. The topological polar surface area (TPSA) is 53.1 Å². The first-order chi connectivity index (χ1) is 8.62. The van der Waals surface area contributed by atoms with E-state index in [1.807, 2.05) is 17.8 Å². The van der Waals surface area contributed by atoms with Gasteiger partial charge in [-0.25, -0.2) is 0 Å². The van der Waals surface area contributed by atoms with Gasteiger partial charge in [-0.15, -0.1) is 0 Å². The molecule has 3 unspecified atom stereocenters. The molecule has 3 atom stereocenters. The summed E-state index contributed by atoms with van der Waals surface area (Å²) < 4.78 is 7.66. The number of hydrogen-bond acceptors (Lipinski definition) is 3. The van der Waals surface area contributed by atoms with E-state index in [1.54, 1.807) is 0 Å². The Morgan fingerprint density at radius 2 is 2.06 bits per heavy atom. The molecule has 0 saturated heterocycles. The van der Waals surface area contributed by atoms with E-state index in [0.29, 0.717) is 12.6 Å². The highest BCUT2D eigenvalue weighted by atomic mass is 16.5. The first kappa shape index (κ1) is 15.2. The predicted octanol–water partition coefficient (Wildman–Crippen LogP) is 2.54. The molecule has 1 aromatic heterocycles. The molecule has 0 aliphatic carbocycles. The SMILES string of the molecule is CCOC(CC)C(N)Cc1ccn(C(C)CC)n1. The number of aromatic nitrogens is 2. The van der Waals surface area contributed by atoms with Crippen molar-refractivity contribution in [3.8, 4) is 0 Å². The number of nitrogens with two attached hydrogens (primary N) is 1. The minimum Gasteiger partial charge on any atom is -0.377 e. The van der Waals surface area contributed by atoms with E-state index in [4.69, 9.17) is 10.5 Å². The van der Waals surface area contributed by atoms with Crippen molar-refractivity contribution in [1.29, 1.82) is 0 Å². The van der Waals surface area contributed by atoms with E-state index in [2.05, 4.69) is 31.9 Å². The van der Waals surface area contributed by atoms with Crippen molar-refractivity contribution in [1.82, 2.24) is 9.78 Å². The molecule has 0 bridgehead atoms. The minimum atomic E-state index is 0.0234. The maximum absolute atomic E-state index is 6.19. The predicted molar refractivity (Wildman–Crippen MR) is 74.6 cm³/mol. The lowest BCUT2D eigenvalue weighted by Gasteiger charge is -2.21. The monoisotopic (exact) mass is 253 g/mol. The number of rotatable bonds is 8. The Morgan fingerprint density at radius 1 is 1.33 bits per heavy atom. The molecule has 0 amide bonds. The second kappa shape index (κ2) is 7.54. The highest BCUT2D eigenvalue weighted by Crippen LogP contribution is 2.12. The zero-order valence-corrected chi connectivity index (χ0v) is 12.1. The molecule has 0 aromatic carbocycles. The first-order valence-corrected chi connectivity index (χ1v) is 7.03. The fourth-order valence-corrected chi connectivity index (χ4v) is 2.05. The summed E-state index contributed by atoms with van der Waals surface area (Å²) >= 11 is 0. The lowest BCUT2D eigenvalue weighted by Crippen LogP contribution is -2.38. The quantitative estimate of drug-likeness (QED) is 0.774. The van der Waals surface area contributed by atoms with E-state index >= 15 is 0 Å². The van der Waals surface area contributed by atoms with E-state index < -0.39 is 0 Å². The molecule has 1 heterocycles. The molecule has 1 rings (SSSR count). The third-order valence-electron chi connectivity index (χ3n) is 3.41. The Labute approximate surface area is 111 Å². The van der Waals surface area contributed by atoms with Crippen LogP contribution in [0.3, 0.4) is 0 Å². The largest absolute Gasteiger partial charge is 0.377 e. The van der Waals surface area contributed by atoms with Gasteiger partial charge >= 0.3 is 0 Å². The summed E-state index contributed by atoms with van der Waals surface area (Å²) in [6.45, 7) is 9.17. The molecule has 0 aliphatic rings. The van der Waals surface area contributed by atoms with Crippen molar-refractivity contribution in [3.05, 3.63) is 18.0 Å². The summed E-state index contributed by atoms with van der Waals surface area (Å²) in [5.74, 6) is 0. The molecular formula is C14H27N3O. The maximum Gasteiger partial charge on any atom is 0.0727 e. The van der Waals surface area contributed by atoms with Gasteiger partial charge < -0.3 is 10.5 Å². The second-order valence-electron chi connectivity index (χ2n) is 4.81. The average Bonchev–Trinajstić information content (AvgIpc) is 2.83. The Bertz CT molecular complexity index is 338. The van der Waals surface area contributed by atoms with E-state index in [9.17, 15) is 0 Å². The van der Waals surface area contributed by atoms with Crippen LogP contribution in [-0.4, -0.2) is 28.5 Å². The van der Waals surface area contributed by atoms with Crippen LogP contribution in [0.25, 0.3) is 0 Å².